The fraction of sp³-hybridized carbons (Fsp3) is 0.778. The molecule has 0 aliphatic carbocycles. The average Bonchev–Trinajstić information content (AvgIpc) is 2.68. The Bertz CT molecular complexity index is 252. The van der Waals surface area contributed by atoms with Crippen molar-refractivity contribution in [2.45, 2.75) is 19.3 Å². The first-order valence-corrected chi connectivity index (χ1v) is 4.83. The molecule has 1 saturated heterocycles. The molecule has 0 N–H and O–H groups in total. The molecule has 6 heteroatoms. The molecule has 1 aliphatic heterocycles. The third kappa shape index (κ3) is 3.14. The standard InChI is InChI=1S/C9H14F2N2O2/c1-12(9(15)8(10)11)6-7(14)13-4-2-3-5-13/h8H,2-6H2,1H3. The number of halogens is 2. The van der Waals surface area contributed by atoms with Gasteiger partial charge in [-0.25, -0.2) is 0 Å². The van der Waals surface area contributed by atoms with E-state index in [2.05, 4.69) is 0 Å². The van der Waals surface area contributed by atoms with E-state index < -0.39 is 12.3 Å². The summed E-state index contributed by atoms with van der Waals surface area (Å²) in [6.45, 7) is 1.06. The van der Waals surface area contributed by atoms with Gasteiger partial charge in [0.15, 0.2) is 0 Å². The molecule has 0 aromatic rings. The van der Waals surface area contributed by atoms with Crippen LogP contribution in [0.2, 0.25) is 0 Å². The van der Waals surface area contributed by atoms with Gasteiger partial charge in [0.2, 0.25) is 5.91 Å². The van der Waals surface area contributed by atoms with Crippen molar-refractivity contribution in [3.63, 3.8) is 0 Å². The molecular weight excluding hydrogens is 206 g/mol. The summed E-state index contributed by atoms with van der Waals surface area (Å²) in [5, 5.41) is 0. The number of rotatable bonds is 3. The van der Waals surface area contributed by atoms with Crippen LogP contribution in [0.15, 0.2) is 0 Å². The molecule has 0 unspecified atom stereocenters. The average molecular weight is 220 g/mol. The van der Waals surface area contributed by atoms with E-state index in [0.717, 1.165) is 17.7 Å². The minimum Gasteiger partial charge on any atom is -0.341 e. The first kappa shape index (κ1) is 11.9. The summed E-state index contributed by atoms with van der Waals surface area (Å²) in [6.07, 6.45) is -1.15. The van der Waals surface area contributed by atoms with E-state index in [4.69, 9.17) is 0 Å². The van der Waals surface area contributed by atoms with Crippen LogP contribution in [0.4, 0.5) is 8.78 Å². The molecule has 1 heterocycles. The molecule has 15 heavy (non-hydrogen) atoms. The summed E-state index contributed by atoms with van der Waals surface area (Å²) in [5.41, 5.74) is 0. The van der Waals surface area contributed by atoms with Crippen LogP contribution >= 0.6 is 0 Å². The highest BCUT2D eigenvalue weighted by atomic mass is 19.3. The van der Waals surface area contributed by atoms with Crippen LogP contribution < -0.4 is 0 Å². The van der Waals surface area contributed by atoms with E-state index in [9.17, 15) is 18.4 Å². The Kier molecular flexibility index (Phi) is 3.99. The maximum absolute atomic E-state index is 12.0. The lowest BCUT2D eigenvalue weighted by molar-refractivity contribution is -0.146. The van der Waals surface area contributed by atoms with Crippen molar-refractivity contribution >= 4 is 11.8 Å². The highest BCUT2D eigenvalue weighted by molar-refractivity contribution is 5.86. The van der Waals surface area contributed by atoms with Crippen molar-refractivity contribution in [3.8, 4) is 0 Å². The zero-order chi connectivity index (χ0) is 11.4. The lowest BCUT2D eigenvalue weighted by atomic mass is 10.4. The van der Waals surface area contributed by atoms with E-state index >= 15 is 0 Å². The quantitative estimate of drug-likeness (QED) is 0.687. The molecule has 0 aromatic carbocycles. The number of likely N-dealkylation sites (tertiary alicyclic amines) is 1. The van der Waals surface area contributed by atoms with E-state index in [1.54, 1.807) is 4.90 Å². The fourth-order valence-electron chi connectivity index (χ4n) is 1.51. The summed E-state index contributed by atoms with van der Waals surface area (Å²) in [7, 11) is 1.21. The van der Waals surface area contributed by atoms with Crippen LogP contribution in [0.5, 0.6) is 0 Å². The van der Waals surface area contributed by atoms with Crippen molar-refractivity contribution in [1.82, 2.24) is 9.80 Å². The summed E-state index contributed by atoms with van der Waals surface area (Å²) < 4.78 is 24.0. The summed E-state index contributed by atoms with van der Waals surface area (Å²) >= 11 is 0. The smallest absolute Gasteiger partial charge is 0.315 e. The highest BCUT2D eigenvalue weighted by Crippen LogP contribution is 2.08. The van der Waals surface area contributed by atoms with Gasteiger partial charge in [-0.3, -0.25) is 9.59 Å². The number of hydrogen-bond acceptors (Lipinski definition) is 2. The first-order valence-electron chi connectivity index (χ1n) is 4.83. The van der Waals surface area contributed by atoms with Gasteiger partial charge < -0.3 is 9.80 Å². The molecule has 4 nitrogen and oxygen atoms in total. The van der Waals surface area contributed by atoms with Crippen molar-refractivity contribution in [2.24, 2.45) is 0 Å². The van der Waals surface area contributed by atoms with Crippen molar-refractivity contribution in [2.75, 3.05) is 26.7 Å². The third-order valence-corrected chi connectivity index (χ3v) is 2.39. The Morgan fingerprint density at radius 2 is 1.87 bits per heavy atom. The van der Waals surface area contributed by atoms with E-state index in [-0.39, 0.29) is 12.5 Å². The number of likely N-dealkylation sites (N-methyl/N-ethyl adjacent to an activating group) is 1. The van der Waals surface area contributed by atoms with Gasteiger partial charge in [-0.15, -0.1) is 0 Å². The maximum Gasteiger partial charge on any atom is 0.315 e. The second-order valence-electron chi connectivity index (χ2n) is 3.58. The van der Waals surface area contributed by atoms with Gasteiger partial charge in [-0.2, -0.15) is 8.78 Å². The Morgan fingerprint density at radius 1 is 1.33 bits per heavy atom. The fourth-order valence-corrected chi connectivity index (χ4v) is 1.51. The Morgan fingerprint density at radius 3 is 2.33 bits per heavy atom. The van der Waals surface area contributed by atoms with Crippen LogP contribution in [-0.2, 0) is 9.59 Å². The van der Waals surface area contributed by atoms with Crippen LogP contribution in [0.3, 0.4) is 0 Å². The zero-order valence-corrected chi connectivity index (χ0v) is 8.58. The summed E-state index contributed by atoms with van der Waals surface area (Å²) in [6, 6.07) is 0. The second-order valence-corrected chi connectivity index (χ2v) is 3.58. The van der Waals surface area contributed by atoms with Gasteiger partial charge >= 0.3 is 6.43 Å². The van der Waals surface area contributed by atoms with Gasteiger partial charge in [0.1, 0.15) is 0 Å². The van der Waals surface area contributed by atoms with Crippen LogP contribution in [0, 0.1) is 0 Å². The Hall–Kier alpha value is -1.20. The van der Waals surface area contributed by atoms with Gasteiger partial charge in [0, 0.05) is 20.1 Å². The highest BCUT2D eigenvalue weighted by Gasteiger charge is 2.25. The van der Waals surface area contributed by atoms with Crippen molar-refractivity contribution < 1.29 is 18.4 Å². The molecule has 0 radical (unpaired) electrons. The number of hydrogen-bond donors (Lipinski definition) is 0. The van der Waals surface area contributed by atoms with E-state index in [0.29, 0.717) is 13.1 Å². The largest absolute Gasteiger partial charge is 0.341 e. The Balaban J connectivity index is 2.40. The minimum atomic E-state index is -3.04. The molecule has 2 amide bonds. The number of carbonyl (C=O) groups excluding carboxylic acids is 2. The molecule has 1 rings (SSSR count). The van der Waals surface area contributed by atoms with Crippen LogP contribution in [0.25, 0.3) is 0 Å². The van der Waals surface area contributed by atoms with Gasteiger partial charge in [-0.1, -0.05) is 0 Å². The maximum atomic E-state index is 12.0. The first-order chi connectivity index (χ1) is 7.02. The van der Waals surface area contributed by atoms with Gasteiger partial charge in [0.25, 0.3) is 5.91 Å². The number of carbonyl (C=O) groups is 2. The SMILES string of the molecule is CN(CC(=O)N1CCCC1)C(=O)C(F)F. The minimum absolute atomic E-state index is 0.260. The number of amides is 2. The van der Waals surface area contributed by atoms with Crippen molar-refractivity contribution in [1.29, 1.82) is 0 Å². The number of nitrogens with zero attached hydrogens (tertiary/aromatic N) is 2. The molecule has 0 saturated carbocycles. The van der Waals surface area contributed by atoms with Crippen molar-refractivity contribution in [3.05, 3.63) is 0 Å². The molecule has 0 aromatic heterocycles. The lowest BCUT2D eigenvalue weighted by Crippen LogP contribution is -2.41. The van der Waals surface area contributed by atoms with Crippen LogP contribution in [-0.4, -0.2) is 54.7 Å². The molecule has 0 bridgehead atoms. The monoisotopic (exact) mass is 220 g/mol. The second kappa shape index (κ2) is 5.04. The molecule has 1 fully saturated rings. The number of alkyl halides is 2. The molecule has 1 aliphatic rings. The van der Waals surface area contributed by atoms with Gasteiger partial charge in [-0.05, 0) is 12.8 Å². The Labute approximate surface area is 86.8 Å². The van der Waals surface area contributed by atoms with Gasteiger partial charge in [0.05, 0.1) is 6.54 Å². The predicted molar refractivity (Wildman–Crippen MR) is 49.5 cm³/mol. The zero-order valence-electron chi connectivity index (χ0n) is 8.58. The summed E-state index contributed by atoms with van der Waals surface area (Å²) in [5.74, 6) is -1.56. The molecule has 0 spiro atoms. The molecular formula is C9H14F2N2O2. The summed E-state index contributed by atoms with van der Waals surface area (Å²) in [4.78, 5) is 24.6. The predicted octanol–water partition coefficient (Wildman–Crippen LogP) is 0.332. The van der Waals surface area contributed by atoms with E-state index in [1.165, 1.54) is 7.05 Å². The molecule has 86 valence electrons. The molecule has 0 atom stereocenters. The van der Waals surface area contributed by atoms with E-state index in [1.807, 2.05) is 0 Å². The van der Waals surface area contributed by atoms with Crippen LogP contribution in [0.1, 0.15) is 12.8 Å². The normalized spacial score (nSPS) is 15.9. The third-order valence-electron chi connectivity index (χ3n) is 2.39. The lowest BCUT2D eigenvalue weighted by Gasteiger charge is -2.20. The topological polar surface area (TPSA) is 40.6 Å².